The van der Waals surface area contributed by atoms with Crippen LogP contribution in [0.2, 0.25) is 0 Å². The van der Waals surface area contributed by atoms with E-state index in [1.165, 1.54) is 48.6 Å². The van der Waals surface area contributed by atoms with Crippen molar-refractivity contribution in [1.29, 1.82) is 0 Å². The first-order valence-electron chi connectivity index (χ1n) is 13.5. The van der Waals surface area contributed by atoms with Crippen LogP contribution in [0.4, 0.5) is 0 Å². The van der Waals surface area contributed by atoms with Gasteiger partial charge in [-0.05, 0) is 53.8 Å². The van der Waals surface area contributed by atoms with Gasteiger partial charge in [0.2, 0.25) is 17.7 Å². The van der Waals surface area contributed by atoms with E-state index < -0.39 is 47.9 Å². The van der Waals surface area contributed by atoms with Crippen molar-refractivity contribution in [3.05, 3.63) is 77.9 Å². The zero-order valence-electron chi connectivity index (χ0n) is 23.5. The molecule has 0 aliphatic heterocycles. The molecule has 9 N–H and O–H groups in total. The number of carbonyl (C=O) groups excluding carboxylic acids is 3. The van der Waals surface area contributed by atoms with E-state index in [1.807, 2.05) is 6.26 Å². The molecule has 13 nitrogen and oxygen atoms in total. The van der Waals surface area contributed by atoms with E-state index in [4.69, 9.17) is 5.73 Å². The molecule has 3 aromatic rings. The van der Waals surface area contributed by atoms with Gasteiger partial charge in [0, 0.05) is 31.2 Å². The molecule has 0 bridgehead atoms. The van der Waals surface area contributed by atoms with Crippen molar-refractivity contribution < 1.29 is 34.5 Å². The zero-order valence-corrected chi connectivity index (χ0v) is 24.3. The average molecular weight is 613 g/mol. The molecule has 3 rings (SSSR count). The second kappa shape index (κ2) is 16.2. The Kier molecular flexibility index (Phi) is 12.4. The number of aromatic hydroxyl groups is 2. The molecule has 0 aliphatic rings. The summed E-state index contributed by atoms with van der Waals surface area (Å²) in [7, 11) is 0. The number of hydrogen-bond donors (Lipinski definition) is 8. The number of nitrogens with two attached hydrogens (primary N) is 1. The molecule has 14 heteroatoms. The number of aromatic nitrogens is 2. The number of carboxylic acids is 1. The molecular weight excluding hydrogens is 576 g/mol. The second-order valence-electron chi connectivity index (χ2n) is 9.93. The van der Waals surface area contributed by atoms with E-state index in [2.05, 4.69) is 25.9 Å². The van der Waals surface area contributed by atoms with E-state index in [-0.39, 0.29) is 37.2 Å². The van der Waals surface area contributed by atoms with E-state index in [0.29, 0.717) is 22.6 Å². The van der Waals surface area contributed by atoms with Crippen LogP contribution in [-0.2, 0) is 38.4 Å². The van der Waals surface area contributed by atoms with Gasteiger partial charge in [-0.3, -0.25) is 14.4 Å². The number of phenols is 2. The summed E-state index contributed by atoms with van der Waals surface area (Å²) in [5.41, 5.74) is 7.93. The molecule has 230 valence electrons. The van der Waals surface area contributed by atoms with Gasteiger partial charge in [-0.15, -0.1) is 0 Å². The molecule has 43 heavy (non-hydrogen) atoms. The largest absolute Gasteiger partial charge is 0.508 e. The molecule has 4 atom stereocenters. The summed E-state index contributed by atoms with van der Waals surface area (Å²) in [5, 5.41) is 36.7. The van der Waals surface area contributed by atoms with Gasteiger partial charge < -0.3 is 42.0 Å². The number of aromatic amines is 1. The van der Waals surface area contributed by atoms with Gasteiger partial charge in [0.1, 0.15) is 29.6 Å². The number of carboxylic acid groups (broad SMARTS) is 1. The van der Waals surface area contributed by atoms with Gasteiger partial charge in [0.25, 0.3) is 0 Å². The van der Waals surface area contributed by atoms with Crippen molar-refractivity contribution >= 4 is 35.5 Å². The lowest BCUT2D eigenvalue weighted by Gasteiger charge is -2.25. The Morgan fingerprint density at radius 2 is 1.33 bits per heavy atom. The lowest BCUT2D eigenvalue weighted by Crippen LogP contribution is -2.58. The molecule has 0 fully saturated rings. The van der Waals surface area contributed by atoms with Crippen molar-refractivity contribution in [3.8, 4) is 11.5 Å². The highest BCUT2D eigenvalue weighted by Crippen LogP contribution is 2.14. The molecule has 0 spiro atoms. The standard InChI is InChI=1S/C29H36N6O7S/c1-43-11-10-23(27(39)35-25(29(41)42)13-18-4-8-21(37)9-5-18)33-28(40)24(12-17-2-6-20(36)7-3-17)34-26(38)22(30)14-19-15-31-16-32-19/h2-9,15-16,22-25,36-37H,10-14,30H2,1H3,(H,31,32)(H,33,40)(H,34,38)(H,35,39)(H,41,42). The monoisotopic (exact) mass is 612 g/mol. The molecule has 0 radical (unpaired) electrons. The van der Waals surface area contributed by atoms with Gasteiger partial charge in [-0.1, -0.05) is 24.3 Å². The Bertz CT molecular complexity index is 1350. The summed E-state index contributed by atoms with van der Waals surface area (Å²) in [6.45, 7) is 0. The first kappa shape index (κ1) is 32.9. The summed E-state index contributed by atoms with van der Waals surface area (Å²) >= 11 is 1.44. The number of imidazole rings is 1. The molecule has 4 unspecified atom stereocenters. The third kappa shape index (κ3) is 10.7. The van der Waals surface area contributed by atoms with Crippen molar-refractivity contribution in [2.45, 2.75) is 49.9 Å². The molecule has 1 aromatic heterocycles. The van der Waals surface area contributed by atoms with Gasteiger partial charge in [-0.25, -0.2) is 9.78 Å². The predicted molar refractivity (Wildman–Crippen MR) is 160 cm³/mol. The van der Waals surface area contributed by atoms with Crippen molar-refractivity contribution in [1.82, 2.24) is 25.9 Å². The van der Waals surface area contributed by atoms with Crippen LogP contribution in [0.5, 0.6) is 11.5 Å². The highest BCUT2D eigenvalue weighted by Gasteiger charge is 2.30. The van der Waals surface area contributed by atoms with Crippen molar-refractivity contribution in [2.75, 3.05) is 12.0 Å². The molecule has 3 amide bonds. The zero-order chi connectivity index (χ0) is 31.4. The first-order chi connectivity index (χ1) is 20.5. The normalized spacial score (nSPS) is 13.7. The fraction of sp³-hybridized carbons (Fsp3) is 0.345. The Balaban J connectivity index is 1.76. The molecule has 2 aromatic carbocycles. The summed E-state index contributed by atoms with van der Waals surface area (Å²) < 4.78 is 0. The first-order valence-corrected chi connectivity index (χ1v) is 14.9. The van der Waals surface area contributed by atoms with Crippen molar-refractivity contribution in [2.24, 2.45) is 5.73 Å². The third-order valence-electron chi connectivity index (χ3n) is 6.57. The molecule has 1 heterocycles. The number of nitrogens with one attached hydrogen (secondary N) is 4. The summed E-state index contributed by atoms with van der Waals surface area (Å²) in [5.74, 6) is -2.68. The number of carbonyl (C=O) groups is 4. The maximum Gasteiger partial charge on any atom is 0.326 e. The van der Waals surface area contributed by atoms with Gasteiger partial charge in [0.05, 0.1) is 12.4 Å². The van der Waals surface area contributed by atoms with Gasteiger partial charge in [0.15, 0.2) is 0 Å². The number of nitrogens with zero attached hydrogens (tertiary/aromatic N) is 1. The minimum Gasteiger partial charge on any atom is -0.508 e. The molecule has 0 saturated carbocycles. The van der Waals surface area contributed by atoms with Crippen LogP contribution in [0.1, 0.15) is 23.2 Å². The molecular formula is C29H36N6O7S. The maximum atomic E-state index is 13.6. The molecule has 0 saturated heterocycles. The highest BCUT2D eigenvalue weighted by atomic mass is 32.2. The lowest BCUT2D eigenvalue weighted by atomic mass is 10.0. The topological polar surface area (TPSA) is 220 Å². The summed E-state index contributed by atoms with van der Waals surface area (Å²) in [4.78, 5) is 58.6. The minimum absolute atomic E-state index is 0.0238. The summed E-state index contributed by atoms with van der Waals surface area (Å²) in [6, 6.07) is 7.52. The van der Waals surface area contributed by atoms with Crippen molar-refractivity contribution in [3.63, 3.8) is 0 Å². The number of phenolic OH excluding ortho intramolecular Hbond substituents is 2. The van der Waals surface area contributed by atoms with Crippen LogP contribution in [0.25, 0.3) is 0 Å². The lowest BCUT2D eigenvalue weighted by molar-refractivity contribution is -0.142. The van der Waals surface area contributed by atoms with E-state index in [9.17, 15) is 34.5 Å². The van der Waals surface area contributed by atoms with E-state index in [0.717, 1.165) is 0 Å². The minimum atomic E-state index is -1.29. The number of hydrogen-bond acceptors (Lipinski definition) is 9. The van der Waals surface area contributed by atoms with Crippen LogP contribution in [0, 0.1) is 0 Å². The number of aliphatic carboxylic acids is 1. The van der Waals surface area contributed by atoms with E-state index in [1.54, 1.807) is 24.3 Å². The molecule has 0 aliphatic carbocycles. The number of amides is 3. The summed E-state index contributed by atoms with van der Waals surface area (Å²) in [6.07, 6.45) is 5.16. The van der Waals surface area contributed by atoms with Crippen LogP contribution >= 0.6 is 11.8 Å². The Labute approximate surface area is 252 Å². The fourth-order valence-corrected chi connectivity index (χ4v) is 4.67. The van der Waals surface area contributed by atoms with Crippen LogP contribution in [-0.4, -0.2) is 85.2 Å². The highest BCUT2D eigenvalue weighted by molar-refractivity contribution is 7.98. The smallest absolute Gasteiger partial charge is 0.326 e. The SMILES string of the molecule is CSCCC(NC(=O)C(Cc1ccc(O)cc1)NC(=O)C(N)Cc1cnc[nH]1)C(=O)NC(Cc1ccc(O)cc1)C(=O)O. The van der Waals surface area contributed by atoms with Gasteiger partial charge >= 0.3 is 5.97 Å². The predicted octanol–water partition coefficient (Wildman–Crippen LogP) is 0.468. The number of benzene rings is 2. The third-order valence-corrected chi connectivity index (χ3v) is 7.22. The Hall–Kier alpha value is -4.56. The number of thioether (sulfide) groups is 1. The number of rotatable bonds is 16. The van der Waals surface area contributed by atoms with Gasteiger partial charge in [-0.2, -0.15) is 11.8 Å². The van der Waals surface area contributed by atoms with Crippen LogP contribution in [0.3, 0.4) is 0 Å². The Morgan fingerprint density at radius 1 is 0.814 bits per heavy atom. The van der Waals surface area contributed by atoms with E-state index >= 15 is 0 Å². The Morgan fingerprint density at radius 3 is 1.84 bits per heavy atom. The second-order valence-corrected chi connectivity index (χ2v) is 10.9. The van der Waals surface area contributed by atoms with Crippen LogP contribution < -0.4 is 21.7 Å². The average Bonchev–Trinajstić information content (AvgIpc) is 3.49. The fourth-order valence-electron chi connectivity index (χ4n) is 4.20. The maximum absolute atomic E-state index is 13.6. The number of H-pyrrole nitrogens is 1. The quantitative estimate of drug-likeness (QED) is 0.112. The van der Waals surface area contributed by atoms with Crippen LogP contribution in [0.15, 0.2) is 61.1 Å².